The fraction of sp³-hybridized carbons (Fsp3) is 0.778. The van der Waals surface area contributed by atoms with E-state index in [0.717, 1.165) is 36.2 Å². The van der Waals surface area contributed by atoms with Crippen molar-refractivity contribution in [1.29, 1.82) is 0 Å². The molecule has 4 aliphatic rings. The van der Waals surface area contributed by atoms with E-state index in [-0.39, 0.29) is 11.5 Å². The Balaban J connectivity index is 1.60. The third kappa shape index (κ3) is 3.58. The highest BCUT2D eigenvalue weighted by atomic mass is 16.4. The molecule has 4 nitrogen and oxygen atoms in total. The van der Waals surface area contributed by atoms with E-state index in [2.05, 4.69) is 39.8 Å². The van der Waals surface area contributed by atoms with Gasteiger partial charge in [0.25, 0.3) is 0 Å². The molecule has 0 spiro atoms. The minimum absolute atomic E-state index is 0.152. The standard InChI is InChI=1S/C27H41NO3/c1-16(2)7-6-8-17(3)19-9-10-20-18-13-23(28-31)22-14-24(29)25(30)15-27(22,5)21(18)11-12-26(19,20)4/h14-21,30-31H,6-13H2,1-5H3/b28-23+/t17-,18+,19-,20+,21+,26-,27-/m1/s1. The van der Waals surface area contributed by atoms with Crippen molar-refractivity contribution < 1.29 is 15.1 Å². The van der Waals surface area contributed by atoms with Crippen LogP contribution in [0.5, 0.6) is 0 Å². The maximum Gasteiger partial charge on any atom is 0.220 e. The van der Waals surface area contributed by atoms with Crippen LogP contribution in [0.15, 0.2) is 28.6 Å². The number of fused-ring (bicyclic) bond motifs is 5. The van der Waals surface area contributed by atoms with Crippen molar-refractivity contribution >= 4 is 11.5 Å². The predicted molar refractivity (Wildman–Crippen MR) is 124 cm³/mol. The van der Waals surface area contributed by atoms with Gasteiger partial charge >= 0.3 is 0 Å². The van der Waals surface area contributed by atoms with Gasteiger partial charge in [0, 0.05) is 5.41 Å². The van der Waals surface area contributed by atoms with Crippen molar-refractivity contribution in [3.05, 3.63) is 23.5 Å². The van der Waals surface area contributed by atoms with Gasteiger partial charge < -0.3 is 10.3 Å². The Kier molecular flexibility index (Phi) is 5.89. The fourth-order valence-electron chi connectivity index (χ4n) is 8.26. The monoisotopic (exact) mass is 427 g/mol. The minimum atomic E-state index is -0.426. The van der Waals surface area contributed by atoms with Crippen LogP contribution in [0, 0.1) is 46.3 Å². The summed E-state index contributed by atoms with van der Waals surface area (Å²) in [5.74, 6) is 3.22. The lowest BCUT2D eigenvalue weighted by Crippen LogP contribution is -2.52. The normalized spacial score (nSPS) is 42.0. The van der Waals surface area contributed by atoms with E-state index in [9.17, 15) is 15.1 Å². The van der Waals surface area contributed by atoms with E-state index in [1.54, 1.807) is 6.08 Å². The number of hydrogen-bond donors (Lipinski definition) is 2. The summed E-state index contributed by atoms with van der Waals surface area (Å²) in [6.45, 7) is 11.8. The third-order valence-corrected chi connectivity index (χ3v) is 9.81. The van der Waals surface area contributed by atoms with Gasteiger partial charge in [-0.15, -0.1) is 0 Å². The van der Waals surface area contributed by atoms with E-state index in [0.29, 0.717) is 28.9 Å². The third-order valence-electron chi connectivity index (χ3n) is 9.81. The topological polar surface area (TPSA) is 69.9 Å². The van der Waals surface area contributed by atoms with Crippen molar-refractivity contribution in [3.8, 4) is 0 Å². The van der Waals surface area contributed by atoms with Crippen molar-refractivity contribution in [2.45, 2.75) is 86.0 Å². The summed E-state index contributed by atoms with van der Waals surface area (Å²) in [4.78, 5) is 12.2. The van der Waals surface area contributed by atoms with Gasteiger partial charge in [-0.1, -0.05) is 59.0 Å². The molecule has 4 aliphatic carbocycles. The molecule has 2 N–H and O–H groups in total. The zero-order valence-corrected chi connectivity index (χ0v) is 20.0. The number of carbonyl (C=O) groups is 1. The lowest BCUT2D eigenvalue weighted by atomic mass is 9.47. The number of nitrogens with zero attached hydrogens (tertiary/aromatic N) is 1. The number of aliphatic hydroxyl groups is 1. The highest BCUT2D eigenvalue weighted by Gasteiger charge is 2.60. The van der Waals surface area contributed by atoms with Crippen LogP contribution in [0.1, 0.15) is 86.0 Å². The average molecular weight is 428 g/mol. The van der Waals surface area contributed by atoms with Crippen LogP contribution in [0.4, 0.5) is 0 Å². The number of ketones is 1. The zero-order valence-electron chi connectivity index (χ0n) is 20.0. The summed E-state index contributed by atoms with van der Waals surface area (Å²) in [6.07, 6.45) is 12.9. The molecule has 0 bridgehead atoms. The number of allylic oxidation sites excluding steroid dienone is 3. The van der Waals surface area contributed by atoms with Gasteiger partial charge in [0.15, 0.2) is 5.76 Å². The Morgan fingerprint density at radius 2 is 1.87 bits per heavy atom. The highest BCUT2D eigenvalue weighted by molar-refractivity contribution is 6.13. The molecule has 3 fully saturated rings. The Labute approximate surface area is 187 Å². The van der Waals surface area contributed by atoms with Gasteiger partial charge in [0.05, 0.1) is 5.71 Å². The Hall–Kier alpha value is -1.58. The predicted octanol–water partition coefficient (Wildman–Crippen LogP) is 6.70. The van der Waals surface area contributed by atoms with Crippen molar-refractivity contribution in [2.24, 2.45) is 51.5 Å². The molecule has 7 atom stereocenters. The fourth-order valence-corrected chi connectivity index (χ4v) is 8.26. The number of carbonyl (C=O) groups excluding carboxylic acids is 1. The first-order valence-electron chi connectivity index (χ1n) is 12.5. The molecule has 0 heterocycles. The molecule has 31 heavy (non-hydrogen) atoms. The van der Waals surface area contributed by atoms with Crippen molar-refractivity contribution in [1.82, 2.24) is 0 Å². The SMILES string of the molecule is CC(C)CCC[C@@H](C)[C@H]1CC[C@H]2[C@@H]3C/C(=N\O)C4=CC(=O)C(O)=C[C@]4(C)[C@H]3CC[C@]12C. The zero-order chi connectivity index (χ0) is 22.6. The molecule has 4 rings (SSSR count). The van der Waals surface area contributed by atoms with Crippen LogP contribution >= 0.6 is 0 Å². The van der Waals surface area contributed by atoms with E-state index >= 15 is 0 Å². The number of hydrogen-bond acceptors (Lipinski definition) is 4. The molecular weight excluding hydrogens is 386 g/mol. The first-order chi connectivity index (χ1) is 14.6. The summed E-state index contributed by atoms with van der Waals surface area (Å²) in [5, 5.41) is 23.8. The smallest absolute Gasteiger partial charge is 0.220 e. The summed E-state index contributed by atoms with van der Waals surface area (Å²) in [6, 6.07) is 0. The largest absolute Gasteiger partial charge is 0.504 e. The van der Waals surface area contributed by atoms with Gasteiger partial charge in [-0.3, -0.25) is 4.79 Å². The molecule has 0 saturated heterocycles. The van der Waals surface area contributed by atoms with Gasteiger partial charge in [-0.05, 0) is 90.8 Å². The van der Waals surface area contributed by atoms with E-state index in [4.69, 9.17) is 0 Å². The lowest BCUT2D eigenvalue weighted by molar-refractivity contribution is -0.114. The highest BCUT2D eigenvalue weighted by Crippen LogP contribution is 2.66. The first kappa shape index (κ1) is 22.6. The van der Waals surface area contributed by atoms with Crippen LogP contribution in [0.25, 0.3) is 0 Å². The molecule has 0 radical (unpaired) electrons. The molecule has 0 amide bonds. The van der Waals surface area contributed by atoms with E-state index in [1.807, 2.05) is 0 Å². The molecule has 0 unspecified atom stereocenters. The summed E-state index contributed by atoms with van der Waals surface area (Å²) in [5.41, 5.74) is 1.38. The maximum absolute atomic E-state index is 12.2. The second kappa shape index (κ2) is 8.08. The molecule has 0 aliphatic heterocycles. The number of oxime groups is 1. The maximum atomic E-state index is 12.2. The van der Waals surface area contributed by atoms with Crippen molar-refractivity contribution in [3.63, 3.8) is 0 Å². The number of aliphatic hydroxyl groups excluding tert-OH is 1. The lowest BCUT2D eigenvalue weighted by Gasteiger charge is -2.57. The van der Waals surface area contributed by atoms with E-state index < -0.39 is 5.41 Å². The van der Waals surface area contributed by atoms with Crippen LogP contribution in [0.2, 0.25) is 0 Å². The van der Waals surface area contributed by atoms with Gasteiger partial charge in [-0.2, -0.15) is 0 Å². The Morgan fingerprint density at radius 1 is 1.13 bits per heavy atom. The van der Waals surface area contributed by atoms with Gasteiger partial charge in [0.2, 0.25) is 5.78 Å². The second-order valence-corrected chi connectivity index (χ2v) is 11.9. The van der Waals surface area contributed by atoms with Crippen LogP contribution in [-0.4, -0.2) is 21.8 Å². The second-order valence-electron chi connectivity index (χ2n) is 11.9. The molecule has 0 aromatic carbocycles. The molecule has 172 valence electrons. The molecular formula is C27H41NO3. The van der Waals surface area contributed by atoms with Crippen LogP contribution in [0.3, 0.4) is 0 Å². The molecule has 3 saturated carbocycles. The van der Waals surface area contributed by atoms with Crippen LogP contribution in [-0.2, 0) is 4.79 Å². The first-order valence-corrected chi connectivity index (χ1v) is 12.5. The molecule has 4 heteroatoms. The minimum Gasteiger partial charge on any atom is -0.504 e. The number of rotatable bonds is 5. The average Bonchev–Trinajstić information content (AvgIpc) is 3.06. The van der Waals surface area contributed by atoms with E-state index in [1.165, 1.54) is 44.6 Å². The summed E-state index contributed by atoms with van der Waals surface area (Å²) < 4.78 is 0. The van der Waals surface area contributed by atoms with Crippen molar-refractivity contribution in [2.75, 3.05) is 0 Å². The van der Waals surface area contributed by atoms with Crippen LogP contribution < -0.4 is 0 Å². The quantitative estimate of drug-likeness (QED) is 0.379. The summed E-state index contributed by atoms with van der Waals surface area (Å²) >= 11 is 0. The van der Waals surface area contributed by atoms with Gasteiger partial charge in [0.1, 0.15) is 0 Å². The Bertz CT molecular complexity index is 824. The Morgan fingerprint density at radius 3 is 2.55 bits per heavy atom. The van der Waals surface area contributed by atoms with Gasteiger partial charge in [-0.25, -0.2) is 0 Å². The molecule has 0 aromatic rings. The summed E-state index contributed by atoms with van der Waals surface area (Å²) in [7, 11) is 0. The molecule has 0 aromatic heterocycles.